The third-order valence-corrected chi connectivity index (χ3v) is 5.25. The van der Waals surface area contributed by atoms with Gasteiger partial charge in [0.15, 0.2) is 23.1 Å². The van der Waals surface area contributed by atoms with Crippen LogP contribution >= 0.6 is 0 Å². The average Bonchev–Trinajstić information content (AvgIpc) is 3.11. The minimum Gasteiger partial charge on any atom is -0.454 e. The predicted octanol–water partition coefficient (Wildman–Crippen LogP) is 3.06. The van der Waals surface area contributed by atoms with Crippen LogP contribution in [0.4, 0.5) is 17.3 Å². The van der Waals surface area contributed by atoms with E-state index in [1.807, 2.05) is 13.0 Å². The molecule has 2 heterocycles. The number of fused-ring (bicyclic) bond motifs is 1. The number of anilines is 3. The lowest BCUT2D eigenvalue weighted by Crippen LogP contribution is -2.14. The highest BCUT2D eigenvalue weighted by Gasteiger charge is 2.15. The van der Waals surface area contributed by atoms with Crippen molar-refractivity contribution in [3.63, 3.8) is 0 Å². The fourth-order valence-electron chi connectivity index (χ4n) is 2.49. The van der Waals surface area contributed by atoms with Crippen LogP contribution in [0.15, 0.2) is 59.5 Å². The van der Waals surface area contributed by atoms with Crippen molar-refractivity contribution in [2.24, 2.45) is 0 Å². The second-order valence-corrected chi connectivity index (χ2v) is 7.60. The van der Waals surface area contributed by atoms with Gasteiger partial charge in [-0.3, -0.25) is 4.72 Å². The van der Waals surface area contributed by atoms with E-state index in [9.17, 15) is 8.42 Å². The van der Waals surface area contributed by atoms with Gasteiger partial charge in [0.2, 0.25) is 6.79 Å². The van der Waals surface area contributed by atoms with Crippen LogP contribution in [0.2, 0.25) is 0 Å². The molecular weight excluding hydrogens is 368 g/mol. The van der Waals surface area contributed by atoms with E-state index in [1.165, 1.54) is 6.07 Å². The molecule has 0 amide bonds. The zero-order chi connectivity index (χ0) is 18.9. The molecule has 27 heavy (non-hydrogen) atoms. The highest BCUT2D eigenvalue weighted by atomic mass is 32.2. The molecule has 0 bridgehead atoms. The van der Waals surface area contributed by atoms with Crippen molar-refractivity contribution in [1.29, 1.82) is 0 Å². The number of hydrogen-bond acceptors (Lipinski definition) is 7. The third-order valence-electron chi connectivity index (χ3n) is 3.88. The maximum atomic E-state index is 12.4. The fraction of sp³-hybridized carbons (Fsp3) is 0.111. The third kappa shape index (κ3) is 3.77. The summed E-state index contributed by atoms with van der Waals surface area (Å²) in [5.74, 6) is 1.93. The lowest BCUT2D eigenvalue weighted by molar-refractivity contribution is 0.174. The van der Waals surface area contributed by atoms with Gasteiger partial charge in [-0.2, -0.15) is 0 Å². The Morgan fingerprint density at radius 2 is 1.59 bits per heavy atom. The van der Waals surface area contributed by atoms with Crippen molar-refractivity contribution in [3.8, 4) is 11.5 Å². The van der Waals surface area contributed by atoms with E-state index in [2.05, 4.69) is 20.2 Å². The summed E-state index contributed by atoms with van der Waals surface area (Å²) in [5, 5.41) is 11.0. The normalized spacial score (nSPS) is 12.6. The molecule has 1 aromatic heterocycles. The predicted molar refractivity (Wildman–Crippen MR) is 99.9 cm³/mol. The van der Waals surface area contributed by atoms with E-state index in [4.69, 9.17) is 9.47 Å². The number of sulfonamides is 1. The zero-order valence-electron chi connectivity index (χ0n) is 14.3. The molecule has 1 aliphatic heterocycles. The van der Waals surface area contributed by atoms with Crippen LogP contribution in [0.25, 0.3) is 0 Å². The second kappa shape index (κ2) is 6.76. The van der Waals surface area contributed by atoms with E-state index in [0.29, 0.717) is 17.3 Å². The number of benzene rings is 2. The molecule has 0 atom stereocenters. The van der Waals surface area contributed by atoms with Gasteiger partial charge in [0.05, 0.1) is 4.90 Å². The molecule has 0 aliphatic carbocycles. The number of nitrogens with zero attached hydrogens (tertiary/aromatic N) is 2. The average molecular weight is 384 g/mol. The van der Waals surface area contributed by atoms with Crippen LogP contribution in [-0.2, 0) is 10.0 Å². The Kier molecular flexibility index (Phi) is 4.28. The number of hydrogen-bond donors (Lipinski definition) is 2. The Balaban J connectivity index is 1.46. The molecule has 2 N–H and O–H groups in total. The lowest BCUT2D eigenvalue weighted by atomic mass is 10.2. The van der Waals surface area contributed by atoms with Crippen molar-refractivity contribution in [3.05, 3.63) is 60.2 Å². The maximum Gasteiger partial charge on any atom is 0.263 e. The zero-order valence-corrected chi connectivity index (χ0v) is 15.2. The highest BCUT2D eigenvalue weighted by molar-refractivity contribution is 7.92. The summed E-state index contributed by atoms with van der Waals surface area (Å²) in [6.07, 6.45) is 0. The largest absolute Gasteiger partial charge is 0.454 e. The van der Waals surface area contributed by atoms with Gasteiger partial charge in [-0.1, -0.05) is 17.7 Å². The summed E-state index contributed by atoms with van der Waals surface area (Å²) in [4.78, 5) is 0.164. The Hall–Kier alpha value is -3.33. The summed E-state index contributed by atoms with van der Waals surface area (Å²) in [7, 11) is -3.71. The van der Waals surface area contributed by atoms with Gasteiger partial charge in [-0.05, 0) is 43.3 Å². The Morgan fingerprint density at radius 1 is 0.889 bits per heavy atom. The minimum atomic E-state index is -3.71. The topological polar surface area (TPSA) is 102 Å². The molecule has 0 radical (unpaired) electrons. The smallest absolute Gasteiger partial charge is 0.263 e. The van der Waals surface area contributed by atoms with Crippen molar-refractivity contribution in [1.82, 2.24) is 10.2 Å². The Bertz CT molecular complexity index is 1070. The first-order valence-electron chi connectivity index (χ1n) is 8.09. The standard InChI is InChI=1S/C18H16N4O4S/c1-12-2-5-14(6-3-12)27(23,24)22-18-9-8-17(20-21-18)19-13-4-7-15-16(10-13)26-11-25-15/h2-10H,11H2,1H3,(H,19,20)(H,21,22). The van der Waals surface area contributed by atoms with Crippen LogP contribution in [0.1, 0.15) is 5.56 Å². The lowest BCUT2D eigenvalue weighted by Gasteiger charge is -2.09. The molecule has 0 spiro atoms. The van der Waals surface area contributed by atoms with Gasteiger partial charge in [-0.25, -0.2) is 8.42 Å². The summed E-state index contributed by atoms with van der Waals surface area (Å²) in [6.45, 7) is 2.09. The van der Waals surface area contributed by atoms with Gasteiger partial charge in [0, 0.05) is 11.8 Å². The highest BCUT2D eigenvalue weighted by Crippen LogP contribution is 2.34. The molecule has 0 saturated heterocycles. The number of ether oxygens (including phenoxy) is 2. The van der Waals surface area contributed by atoms with Gasteiger partial charge in [0.25, 0.3) is 10.0 Å². The molecule has 2 aromatic carbocycles. The summed E-state index contributed by atoms with van der Waals surface area (Å²) in [5.41, 5.74) is 1.73. The monoisotopic (exact) mass is 384 g/mol. The van der Waals surface area contributed by atoms with Gasteiger partial charge < -0.3 is 14.8 Å². The summed E-state index contributed by atoms with van der Waals surface area (Å²) >= 11 is 0. The molecule has 0 unspecified atom stereocenters. The van der Waals surface area contributed by atoms with Gasteiger partial charge in [0.1, 0.15) is 0 Å². The molecule has 1 aliphatic rings. The SMILES string of the molecule is Cc1ccc(S(=O)(=O)Nc2ccc(Nc3ccc4c(c3)OCO4)nn2)cc1. The summed E-state index contributed by atoms with van der Waals surface area (Å²) < 4.78 is 37.8. The van der Waals surface area contributed by atoms with Crippen molar-refractivity contribution in [2.75, 3.05) is 16.8 Å². The first kappa shape index (κ1) is 17.1. The fourth-order valence-corrected chi connectivity index (χ4v) is 3.49. The number of aromatic nitrogens is 2. The Labute approximate surface area is 156 Å². The van der Waals surface area contributed by atoms with E-state index >= 15 is 0 Å². The van der Waals surface area contributed by atoms with Crippen molar-refractivity contribution >= 4 is 27.3 Å². The van der Waals surface area contributed by atoms with E-state index < -0.39 is 10.0 Å². The van der Waals surface area contributed by atoms with Crippen molar-refractivity contribution in [2.45, 2.75) is 11.8 Å². The number of aryl methyl sites for hydroxylation is 1. The van der Waals surface area contributed by atoms with Gasteiger partial charge in [-0.15, -0.1) is 10.2 Å². The van der Waals surface area contributed by atoms with Crippen molar-refractivity contribution < 1.29 is 17.9 Å². The van der Waals surface area contributed by atoms with Crippen LogP contribution < -0.4 is 19.5 Å². The molecule has 0 fully saturated rings. The summed E-state index contributed by atoms with van der Waals surface area (Å²) in [6, 6.07) is 15.1. The number of nitrogens with one attached hydrogen (secondary N) is 2. The van der Waals surface area contributed by atoms with E-state index in [0.717, 1.165) is 11.3 Å². The first-order valence-corrected chi connectivity index (χ1v) is 9.58. The molecule has 3 aromatic rings. The van der Waals surface area contributed by atoms with Crippen LogP contribution in [0.5, 0.6) is 11.5 Å². The van der Waals surface area contributed by atoms with Crippen LogP contribution in [0.3, 0.4) is 0 Å². The molecule has 9 heteroatoms. The van der Waals surface area contributed by atoms with E-state index in [-0.39, 0.29) is 17.5 Å². The number of rotatable bonds is 5. The van der Waals surface area contributed by atoms with Crippen LogP contribution in [0, 0.1) is 6.92 Å². The van der Waals surface area contributed by atoms with E-state index in [1.54, 1.807) is 42.5 Å². The Morgan fingerprint density at radius 3 is 2.33 bits per heavy atom. The quantitative estimate of drug-likeness (QED) is 0.697. The molecular formula is C18H16N4O4S. The van der Waals surface area contributed by atoms with Gasteiger partial charge >= 0.3 is 0 Å². The first-order chi connectivity index (χ1) is 13.0. The molecule has 8 nitrogen and oxygen atoms in total. The molecule has 138 valence electrons. The molecule has 4 rings (SSSR count). The van der Waals surface area contributed by atoms with Crippen LogP contribution in [-0.4, -0.2) is 25.4 Å². The maximum absolute atomic E-state index is 12.4. The second-order valence-electron chi connectivity index (χ2n) is 5.92. The molecule has 0 saturated carbocycles. The minimum absolute atomic E-state index is 0.131.